The van der Waals surface area contributed by atoms with Crippen molar-refractivity contribution < 1.29 is 14.7 Å². The van der Waals surface area contributed by atoms with Crippen LogP contribution >= 0.6 is 0 Å². The van der Waals surface area contributed by atoms with Crippen LogP contribution in [0.4, 0.5) is 5.69 Å². The predicted molar refractivity (Wildman–Crippen MR) is 101 cm³/mol. The Morgan fingerprint density at radius 1 is 1.08 bits per heavy atom. The fourth-order valence-corrected chi connectivity index (χ4v) is 3.66. The third-order valence-corrected chi connectivity index (χ3v) is 5.06. The van der Waals surface area contributed by atoms with Crippen molar-refractivity contribution in [2.24, 2.45) is 11.8 Å². The molecule has 0 aromatic heterocycles. The third kappa shape index (κ3) is 3.07. The summed E-state index contributed by atoms with van der Waals surface area (Å²) in [6.07, 6.45) is 1.47. The number of aliphatic hydroxyl groups is 1. The summed E-state index contributed by atoms with van der Waals surface area (Å²) in [5.74, 6) is -0.190. The molecule has 25 heavy (non-hydrogen) atoms. The molecule has 4 heteroatoms. The van der Waals surface area contributed by atoms with Crippen LogP contribution in [0.1, 0.15) is 47.4 Å². The molecule has 0 radical (unpaired) electrons. The maximum Gasteiger partial charge on any atom is 0.174 e. The van der Waals surface area contributed by atoms with Crippen LogP contribution in [0.5, 0.6) is 0 Å². The average molecular weight is 339 g/mol. The van der Waals surface area contributed by atoms with E-state index in [1.165, 1.54) is 0 Å². The molecule has 1 aliphatic rings. The number of hydrogen-bond donors (Lipinski definition) is 1. The highest BCUT2D eigenvalue weighted by atomic mass is 16.3. The van der Waals surface area contributed by atoms with Gasteiger partial charge < -0.3 is 10.0 Å². The Labute approximate surface area is 148 Å². The number of aliphatic hydroxyl groups excluding tert-OH is 1. The van der Waals surface area contributed by atoms with Gasteiger partial charge in [0.2, 0.25) is 0 Å². The van der Waals surface area contributed by atoms with Gasteiger partial charge in [0.1, 0.15) is 0 Å². The van der Waals surface area contributed by atoms with Crippen LogP contribution in [0.3, 0.4) is 0 Å². The highest BCUT2D eigenvalue weighted by Gasteiger charge is 2.35. The molecule has 0 fully saturated rings. The Bertz CT molecular complexity index is 803. The standard InChI is InChI=1S/C21H25NO3/c1-13(2)7-8-17-20(24)15-6-4-5-14-18(22(3)11-12-23)10-9-16(19(14)15)21(17)25/h4-6,9-10,13,17,23H,7-8,11-12H2,1-3H3. The fraction of sp³-hybridized carbons (Fsp3) is 0.429. The number of anilines is 1. The third-order valence-electron chi connectivity index (χ3n) is 5.06. The molecule has 0 saturated heterocycles. The number of ketones is 2. The van der Waals surface area contributed by atoms with Crippen LogP contribution in [0, 0.1) is 11.8 Å². The van der Waals surface area contributed by atoms with Gasteiger partial charge in [0.15, 0.2) is 11.6 Å². The molecule has 0 amide bonds. The number of benzene rings is 2. The molecule has 0 aliphatic heterocycles. The second-order valence-corrected chi connectivity index (χ2v) is 7.26. The minimum absolute atomic E-state index is 0.0502. The highest BCUT2D eigenvalue weighted by Crippen LogP contribution is 2.38. The lowest BCUT2D eigenvalue weighted by atomic mass is 9.77. The minimum atomic E-state index is -0.554. The van der Waals surface area contributed by atoms with Gasteiger partial charge in [0.05, 0.1) is 12.5 Å². The van der Waals surface area contributed by atoms with Gasteiger partial charge in [-0.05, 0) is 30.9 Å². The molecular weight excluding hydrogens is 314 g/mol. The Balaban J connectivity index is 2.12. The molecule has 1 unspecified atom stereocenters. The molecule has 0 heterocycles. The summed E-state index contributed by atoms with van der Waals surface area (Å²) in [4.78, 5) is 27.9. The minimum Gasteiger partial charge on any atom is -0.395 e. The van der Waals surface area contributed by atoms with Crippen molar-refractivity contribution in [2.45, 2.75) is 26.7 Å². The first-order valence-electron chi connectivity index (χ1n) is 8.91. The van der Waals surface area contributed by atoms with E-state index in [2.05, 4.69) is 13.8 Å². The number of likely N-dealkylation sites (N-methyl/N-ethyl adjacent to an activating group) is 1. The molecule has 1 aliphatic carbocycles. The van der Waals surface area contributed by atoms with Gasteiger partial charge in [-0.1, -0.05) is 32.0 Å². The number of carbonyl (C=O) groups is 2. The van der Waals surface area contributed by atoms with E-state index in [9.17, 15) is 14.7 Å². The van der Waals surface area contributed by atoms with E-state index in [-0.39, 0.29) is 18.2 Å². The first kappa shape index (κ1) is 17.6. The van der Waals surface area contributed by atoms with Gasteiger partial charge in [-0.2, -0.15) is 0 Å². The van der Waals surface area contributed by atoms with Crippen molar-refractivity contribution in [1.29, 1.82) is 0 Å². The van der Waals surface area contributed by atoms with Gasteiger partial charge in [0.25, 0.3) is 0 Å². The second-order valence-electron chi connectivity index (χ2n) is 7.26. The summed E-state index contributed by atoms with van der Waals surface area (Å²) in [7, 11) is 1.90. The quantitative estimate of drug-likeness (QED) is 0.815. The molecule has 0 bridgehead atoms. The SMILES string of the molecule is CC(C)CCC1C(=O)c2cccc3c(N(C)CCO)ccc(c23)C1=O. The lowest BCUT2D eigenvalue weighted by molar-refractivity contribution is 0.0790. The maximum absolute atomic E-state index is 13.0. The monoisotopic (exact) mass is 339 g/mol. The van der Waals surface area contributed by atoms with Crippen LogP contribution in [-0.2, 0) is 0 Å². The van der Waals surface area contributed by atoms with Crippen LogP contribution in [0.25, 0.3) is 10.8 Å². The molecule has 2 aromatic rings. The Morgan fingerprint density at radius 2 is 1.76 bits per heavy atom. The van der Waals surface area contributed by atoms with Crippen LogP contribution < -0.4 is 4.90 Å². The Morgan fingerprint density at radius 3 is 2.40 bits per heavy atom. The van der Waals surface area contributed by atoms with Gasteiger partial charge in [0, 0.05) is 41.2 Å². The van der Waals surface area contributed by atoms with E-state index in [1.54, 1.807) is 0 Å². The van der Waals surface area contributed by atoms with Crippen LogP contribution in [-0.4, -0.2) is 36.9 Å². The second kappa shape index (κ2) is 6.96. The molecule has 1 atom stereocenters. The zero-order valence-corrected chi connectivity index (χ0v) is 15.1. The van der Waals surface area contributed by atoms with Crippen molar-refractivity contribution in [3.8, 4) is 0 Å². The lowest BCUT2D eigenvalue weighted by Gasteiger charge is -2.27. The molecule has 1 N–H and O–H groups in total. The summed E-state index contributed by atoms with van der Waals surface area (Å²) in [5, 5.41) is 10.9. The van der Waals surface area contributed by atoms with E-state index in [0.29, 0.717) is 30.0 Å². The van der Waals surface area contributed by atoms with E-state index in [1.807, 2.05) is 42.3 Å². The first-order chi connectivity index (χ1) is 12.0. The van der Waals surface area contributed by atoms with Gasteiger partial charge in [-0.3, -0.25) is 9.59 Å². The predicted octanol–water partition coefficient (Wildman–Crippen LogP) is 3.70. The van der Waals surface area contributed by atoms with E-state index >= 15 is 0 Å². The molecule has 0 spiro atoms. The van der Waals surface area contributed by atoms with Gasteiger partial charge >= 0.3 is 0 Å². The van der Waals surface area contributed by atoms with Crippen molar-refractivity contribution >= 4 is 28.0 Å². The number of hydrogen-bond acceptors (Lipinski definition) is 4. The number of carbonyl (C=O) groups excluding carboxylic acids is 2. The lowest BCUT2D eigenvalue weighted by Crippen LogP contribution is -2.30. The molecule has 132 valence electrons. The molecule has 0 saturated carbocycles. The Hall–Kier alpha value is -2.20. The average Bonchev–Trinajstić information content (AvgIpc) is 2.59. The normalized spacial score (nSPS) is 16.8. The van der Waals surface area contributed by atoms with Crippen molar-refractivity contribution in [3.63, 3.8) is 0 Å². The van der Waals surface area contributed by atoms with Gasteiger partial charge in [-0.25, -0.2) is 0 Å². The maximum atomic E-state index is 13.0. The summed E-state index contributed by atoms with van der Waals surface area (Å²) < 4.78 is 0. The van der Waals surface area contributed by atoms with Crippen LogP contribution in [0.15, 0.2) is 30.3 Å². The zero-order chi connectivity index (χ0) is 18.1. The fourth-order valence-electron chi connectivity index (χ4n) is 3.66. The molecular formula is C21H25NO3. The number of rotatable bonds is 6. The molecule has 4 nitrogen and oxygen atoms in total. The summed E-state index contributed by atoms with van der Waals surface area (Å²) in [6, 6.07) is 9.42. The smallest absolute Gasteiger partial charge is 0.174 e. The highest BCUT2D eigenvalue weighted by molar-refractivity contribution is 6.30. The zero-order valence-electron chi connectivity index (χ0n) is 15.1. The van der Waals surface area contributed by atoms with E-state index in [0.717, 1.165) is 22.9 Å². The first-order valence-corrected chi connectivity index (χ1v) is 8.91. The van der Waals surface area contributed by atoms with E-state index in [4.69, 9.17) is 0 Å². The Kier molecular flexibility index (Phi) is 4.91. The molecule has 3 rings (SSSR count). The topological polar surface area (TPSA) is 57.6 Å². The van der Waals surface area contributed by atoms with Gasteiger partial charge in [-0.15, -0.1) is 0 Å². The van der Waals surface area contributed by atoms with Crippen molar-refractivity contribution in [2.75, 3.05) is 25.1 Å². The number of Topliss-reactive ketones (excluding diaryl/α,β-unsaturated/α-hetero) is 2. The summed E-state index contributed by atoms with van der Waals surface area (Å²) in [5.41, 5.74) is 2.23. The number of nitrogens with zero attached hydrogens (tertiary/aromatic N) is 1. The largest absolute Gasteiger partial charge is 0.395 e. The summed E-state index contributed by atoms with van der Waals surface area (Å²) >= 11 is 0. The van der Waals surface area contributed by atoms with Crippen molar-refractivity contribution in [1.82, 2.24) is 0 Å². The molecule has 2 aromatic carbocycles. The van der Waals surface area contributed by atoms with Crippen LogP contribution in [0.2, 0.25) is 0 Å². The summed E-state index contributed by atoms with van der Waals surface area (Å²) in [6.45, 7) is 4.76. The van der Waals surface area contributed by atoms with E-state index < -0.39 is 5.92 Å². The van der Waals surface area contributed by atoms with Crippen molar-refractivity contribution in [3.05, 3.63) is 41.5 Å².